The highest BCUT2D eigenvalue weighted by atomic mass is 19.4. The van der Waals surface area contributed by atoms with E-state index in [0.717, 1.165) is 0 Å². The summed E-state index contributed by atoms with van der Waals surface area (Å²) in [6.07, 6.45) is 0.0374. The van der Waals surface area contributed by atoms with Gasteiger partial charge in [0, 0.05) is 18.3 Å². The second-order valence-corrected chi connectivity index (χ2v) is 7.41. The van der Waals surface area contributed by atoms with Crippen LogP contribution < -0.4 is 10.6 Å². The summed E-state index contributed by atoms with van der Waals surface area (Å²) in [4.78, 5) is 12.7. The van der Waals surface area contributed by atoms with Crippen LogP contribution >= 0.6 is 0 Å². The molecular formula is C19H20F4N6O. The van der Waals surface area contributed by atoms with Crippen LogP contribution in [-0.2, 0) is 5.60 Å². The number of aliphatic hydroxyl groups is 1. The molecule has 0 aromatic carbocycles. The molecule has 0 spiro atoms. The van der Waals surface area contributed by atoms with Crippen molar-refractivity contribution in [2.75, 3.05) is 18.4 Å². The van der Waals surface area contributed by atoms with Gasteiger partial charge in [-0.15, -0.1) is 0 Å². The van der Waals surface area contributed by atoms with Crippen molar-refractivity contribution in [1.82, 2.24) is 24.7 Å². The number of hydrogen-bond donors (Lipinski definition) is 3. The first-order valence-corrected chi connectivity index (χ1v) is 9.37. The summed E-state index contributed by atoms with van der Waals surface area (Å²) in [7, 11) is 0. The quantitative estimate of drug-likeness (QED) is 0.559. The van der Waals surface area contributed by atoms with Crippen molar-refractivity contribution in [2.24, 2.45) is 0 Å². The summed E-state index contributed by atoms with van der Waals surface area (Å²) in [6.45, 7) is 1.75. The number of fused-ring (bicyclic) bond motifs is 1. The van der Waals surface area contributed by atoms with Crippen LogP contribution in [0.1, 0.15) is 18.9 Å². The number of anilines is 1. The van der Waals surface area contributed by atoms with Crippen molar-refractivity contribution < 1.29 is 22.7 Å². The average Bonchev–Trinajstić information content (AvgIpc) is 3.12. The lowest BCUT2D eigenvalue weighted by Crippen LogP contribution is -2.46. The second kappa shape index (κ2) is 7.47. The van der Waals surface area contributed by atoms with Crippen LogP contribution in [0.5, 0.6) is 0 Å². The van der Waals surface area contributed by atoms with Gasteiger partial charge in [-0.05, 0) is 26.0 Å². The topological polar surface area (TPSA) is 87.4 Å². The predicted octanol–water partition coefficient (Wildman–Crippen LogP) is 2.67. The van der Waals surface area contributed by atoms with E-state index in [1.165, 1.54) is 41.3 Å². The first-order chi connectivity index (χ1) is 14.2. The molecule has 0 amide bonds. The molecule has 3 N–H and O–H groups in total. The normalized spacial score (nSPS) is 22.1. The fourth-order valence-electron chi connectivity index (χ4n) is 3.34. The van der Waals surface area contributed by atoms with Gasteiger partial charge in [-0.1, -0.05) is 6.07 Å². The minimum absolute atomic E-state index is 0.336. The van der Waals surface area contributed by atoms with E-state index in [-0.39, 0.29) is 5.56 Å². The Labute approximate surface area is 169 Å². The Kier molecular flexibility index (Phi) is 5.10. The van der Waals surface area contributed by atoms with Gasteiger partial charge < -0.3 is 15.7 Å². The van der Waals surface area contributed by atoms with E-state index in [1.807, 2.05) is 0 Å². The van der Waals surface area contributed by atoms with E-state index >= 15 is 0 Å². The minimum atomic E-state index is -4.85. The number of piperidine rings is 1. The van der Waals surface area contributed by atoms with E-state index in [1.54, 1.807) is 0 Å². The fraction of sp³-hybridized carbons (Fsp3) is 0.421. The SMILES string of the molecule is C[C@@](O)(c1ccc2ncc(-c3cncc(N[C@H]4CNCC[C@@H]4F)n3)n2c1)C(F)(F)F. The van der Waals surface area contributed by atoms with Gasteiger partial charge in [-0.3, -0.25) is 9.38 Å². The third kappa shape index (κ3) is 3.70. The number of nitrogens with zero attached hydrogens (tertiary/aromatic N) is 4. The van der Waals surface area contributed by atoms with Crippen LogP contribution in [0, 0.1) is 0 Å². The van der Waals surface area contributed by atoms with E-state index < -0.39 is 24.0 Å². The maximum Gasteiger partial charge on any atom is 0.421 e. The van der Waals surface area contributed by atoms with Crippen LogP contribution in [0.4, 0.5) is 23.4 Å². The highest BCUT2D eigenvalue weighted by Gasteiger charge is 2.51. The lowest BCUT2D eigenvalue weighted by atomic mass is 9.97. The van der Waals surface area contributed by atoms with Gasteiger partial charge in [0.1, 0.15) is 23.3 Å². The highest BCUT2D eigenvalue weighted by Crippen LogP contribution is 2.38. The predicted molar refractivity (Wildman–Crippen MR) is 102 cm³/mol. The highest BCUT2D eigenvalue weighted by molar-refractivity contribution is 5.61. The Balaban J connectivity index is 1.69. The first kappa shape index (κ1) is 20.5. The van der Waals surface area contributed by atoms with E-state index in [4.69, 9.17) is 0 Å². The molecule has 0 saturated carbocycles. The Morgan fingerprint density at radius 1 is 1.23 bits per heavy atom. The van der Waals surface area contributed by atoms with Crippen LogP contribution in [0.15, 0.2) is 36.9 Å². The largest absolute Gasteiger partial charge is 0.421 e. The number of halogens is 4. The third-order valence-electron chi connectivity index (χ3n) is 5.25. The molecule has 4 rings (SSSR count). The number of hydrogen-bond acceptors (Lipinski definition) is 6. The fourth-order valence-corrected chi connectivity index (χ4v) is 3.34. The Morgan fingerprint density at radius 2 is 2.03 bits per heavy atom. The molecule has 1 aliphatic heterocycles. The van der Waals surface area contributed by atoms with Crippen molar-refractivity contribution in [3.8, 4) is 11.4 Å². The van der Waals surface area contributed by atoms with Crippen LogP contribution in [0.3, 0.4) is 0 Å². The smallest absolute Gasteiger partial charge is 0.376 e. The first-order valence-electron chi connectivity index (χ1n) is 9.37. The van der Waals surface area contributed by atoms with Gasteiger partial charge >= 0.3 is 6.18 Å². The summed E-state index contributed by atoms with van der Waals surface area (Å²) in [5.74, 6) is 0.345. The molecule has 0 unspecified atom stereocenters. The molecule has 0 radical (unpaired) electrons. The molecule has 1 aliphatic rings. The van der Waals surface area contributed by atoms with Crippen molar-refractivity contribution in [3.05, 3.63) is 42.5 Å². The molecule has 30 heavy (non-hydrogen) atoms. The number of rotatable bonds is 4. The molecule has 11 heteroatoms. The molecular weight excluding hydrogens is 404 g/mol. The van der Waals surface area contributed by atoms with Crippen LogP contribution in [0.2, 0.25) is 0 Å². The summed E-state index contributed by atoms with van der Waals surface area (Å²) in [5.41, 5.74) is -2.25. The van der Waals surface area contributed by atoms with Crippen LogP contribution in [-0.4, -0.2) is 55.9 Å². The molecule has 3 aromatic rings. The lowest BCUT2D eigenvalue weighted by molar-refractivity contribution is -0.259. The summed E-state index contributed by atoms with van der Waals surface area (Å²) in [6, 6.07) is 2.11. The Bertz CT molecular complexity index is 1050. The lowest BCUT2D eigenvalue weighted by Gasteiger charge is -2.27. The van der Waals surface area contributed by atoms with Gasteiger partial charge in [0.2, 0.25) is 0 Å². The molecule has 3 aromatic heterocycles. The number of alkyl halides is 4. The Hall–Kier alpha value is -2.79. The van der Waals surface area contributed by atoms with E-state index in [2.05, 4.69) is 25.6 Å². The molecule has 0 aliphatic carbocycles. The van der Waals surface area contributed by atoms with Crippen molar-refractivity contribution in [1.29, 1.82) is 0 Å². The number of pyridine rings is 1. The summed E-state index contributed by atoms with van der Waals surface area (Å²) in [5, 5.41) is 16.1. The molecule has 4 heterocycles. The second-order valence-electron chi connectivity index (χ2n) is 7.41. The van der Waals surface area contributed by atoms with Gasteiger partial charge in [0.15, 0.2) is 5.60 Å². The van der Waals surface area contributed by atoms with Gasteiger partial charge in [0.25, 0.3) is 0 Å². The molecule has 1 saturated heterocycles. The summed E-state index contributed by atoms with van der Waals surface area (Å²) < 4.78 is 55.2. The van der Waals surface area contributed by atoms with Crippen LogP contribution in [0.25, 0.3) is 17.0 Å². The van der Waals surface area contributed by atoms with Gasteiger partial charge in [-0.2, -0.15) is 13.2 Å². The van der Waals surface area contributed by atoms with Crippen molar-refractivity contribution in [2.45, 2.75) is 37.3 Å². The Morgan fingerprint density at radius 3 is 2.77 bits per heavy atom. The minimum Gasteiger partial charge on any atom is -0.376 e. The van der Waals surface area contributed by atoms with Crippen molar-refractivity contribution in [3.63, 3.8) is 0 Å². The molecule has 7 nitrogen and oxygen atoms in total. The molecule has 1 fully saturated rings. The zero-order valence-electron chi connectivity index (χ0n) is 16.0. The number of aromatic nitrogens is 4. The monoisotopic (exact) mass is 424 g/mol. The molecule has 0 bridgehead atoms. The zero-order chi connectivity index (χ0) is 21.5. The van der Waals surface area contributed by atoms with Gasteiger partial charge in [0.05, 0.1) is 30.3 Å². The average molecular weight is 424 g/mol. The van der Waals surface area contributed by atoms with E-state index in [0.29, 0.717) is 49.3 Å². The van der Waals surface area contributed by atoms with E-state index in [9.17, 15) is 22.7 Å². The molecule has 3 atom stereocenters. The number of nitrogens with one attached hydrogen (secondary N) is 2. The molecule has 160 valence electrons. The maximum absolute atomic E-state index is 14.1. The third-order valence-corrected chi connectivity index (χ3v) is 5.25. The zero-order valence-corrected chi connectivity index (χ0v) is 16.0. The van der Waals surface area contributed by atoms with Gasteiger partial charge in [-0.25, -0.2) is 14.4 Å². The maximum atomic E-state index is 14.1. The standard InChI is InChI=1S/C19H20F4N6O/c1-18(30,19(21,22)23)11-2-3-17-26-8-15(29(17)10-11)14-7-25-9-16(28-14)27-13-6-24-5-4-12(13)20/h2-3,7-10,12-13,24,30H,4-6H2,1H3,(H,27,28)/t12-,13-,18+/m0/s1. The summed E-state index contributed by atoms with van der Waals surface area (Å²) >= 11 is 0. The van der Waals surface area contributed by atoms with Crippen molar-refractivity contribution >= 4 is 11.5 Å². The number of imidazole rings is 1.